The molecule has 0 aromatic carbocycles. The van der Waals surface area contributed by atoms with Crippen LogP contribution < -0.4 is 0 Å². The van der Waals surface area contributed by atoms with Crippen LogP contribution in [0.1, 0.15) is 41.0 Å². The van der Waals surface area contributed by atoms with Gasteiger partial charge in [0.25, 0.3) is 0 Å². The summed E-state index contributed by atoms with van der Waals surface area (Å²) in [6, 6.07) is 1.19. The van der Waals surface area contributed by atoms with Crippen molar-refractivity contribution in [3.05, 3.63) is 0 Å². The fourth-order valence-corrected chi connectivity index (χ4v) is 4.41. The first-order chi connectivity index (χ1) is 8.07. The number of ether oxygens (including phenoxy) is 1. The molecule has 1 aliphatic heterocycles. The van der Waals surface area contributed by atoms with Crippen LogP contribution in [0.25, 0.3) is 0 Å². The molecular weight excluding hydrogens is 301 g/mol. The van der Waals surface area contributed by atoms with E-state index in [9.17, 15) is 0 Å². The van der Waals surface area contributed by atoms with Crippen LogP contribution in [-0.2, 0) is 21.0 Å². The maximum absolute atomic E-state index is 5.43. The maximum atomic E-state index is 5.43. The van der Waals surface area contributed by atoms with Crippen LogP contribution in [-0.4, -0.2) is 50.7 Å². The summed E-state index contributed by atoms with van der Waals surface area (Å²) >= 11 is 0.0619. The van der Waals surface area contributed by atoms with Crippen LogP contribution >= 0.6 is 0 Å². The van der Waals surface area contributed by atoms with Gasteiger partial charge < -0.3 is 0 Å². The van der Waals surface area contributed by atoms with E-state index in [-0.39, 0.29) is 16.2 Å². The van der Waals surface area contributed by atoms with Gasteiger partial charge in [0, 0.05) is 0 Å². The van der Waals surface area contributed by atoms with E-state index in [2.05, 4.69) is 37.5 Å². The molecule has 1 heterocycles. The first-order valence-corrected chi connectivity index (χ1v) is 8.39. The van der Waals surface area contributed by atoms with E-state index in [1.807, 2.05) is 11.7 Å². The molecule has 4 heteroatoms. The van der Waals surface area contributed by atoms with E-state index in [1.165, 1.54) is 23.9 Å². The van der Waals surface area contributed by atoms with Gasteiger partial charge in [-0.1, -0.05) is 0 Å². The van der Waals surface area contributed by atoms with E-state index in [0.717, 1.165) is 6.61 Å². The Morgan fingerprint density at radius 3 is 2.12 bits per heavy atom. The van der Waals surface area contributed by atoms with Crippen molar-refractivity contribution in [1.82, 2.24) is 9.80 Å². The van der Waals surface area contributed by atoms with Gasteiger partial charge in [-0.3, -0.25) is 0 Å². The second-order valence-electron chi connectivity index (χ2n) is 4.83. The minimum absolute atomic E-state index is 0.0619. The molecule has 0 N–H and O–H groups in total. The number of rotatable bonds is 4. The molecule has 17 heavy (non-hydrogen) atoms. The summed E-state index contributed by atoms with van der Waals surface area (Å²) in [5.41, 5.74) is 0. The SMILES string of the molecule is CCO[CH]=[Ru]=[C]1N(C(C)C)CCCN1C(C)C. The molecule has 1 saturated heterocycles. The molecule has 0 atom stereocenters. The van der Waals surface area contributed by atoms with Gasteiger partial charge >= 0.3 is 113 Å². The average molecular weight is 327 g/mol. The predicted molar refractivity (Wildman–Crippen MR) is 71.0 cm³/mol. The molecule has 1 rings (SSSR count). The molecule has 0 amide bonds. The molecule has 0 saturated carbocycles. The van der Waals surface area contributed by atoms with Gasteiger partial charge in [-0.25, -0.2) is 0 Å². The average Bonchev–Trinajstić information content (AvgIpc) is 2.28. The van der Waals surface area contributed by atoms with Gasteiger partial charge in [0.15, 0.2) is 0 Å². The van der Waals surface area contributed by atoms with Crippen LogP contribution in [0.3, 0.4) is 0 Å². The zero-order valence-corrected chi connectivity index (χ0v) is 13.5. The van der Waals surface area contributed by atoms with Gasteiger partial charge in [-0.2, -0.15) is 0 Å². The van der Waals surface area contributed by atoms with E-state index < -0.39 is 0 Å². The summed E-state index contributed by atoms with van der Waals surface area (Å²) in [4.78, 5) is 7.15. The summed E-state index contributed by atoms with van der Waals surface area (Å²) in [7, 11) is 0. The molecule has 0 bridgehead atoms. The van der Waals surface area contributed by atoms with Crippen molar-refractivity contribution in [2.45, 2.75) is 53.1 Å². The monoisotopic (exact) mass is 328 g/mol. The molecule has 0 aromatic heterocycles. The third kappa shape index (κ3) is 4.44. The van der Waals surface area contributed by atoms with Gasteiger partial charge in [-0.05, 0) is 0 Å². The summed E-state index contributed by atoms with van der Waals surface area (Å²) in [6.45, 7) is 14.4. The van der Waals surface area contributed by atoms with Crippen molar-refractivity contribution in [2.24, 2.45) is 0 Å². The summed E-state index contributed by atoms with van der Waals surface area (Å²) in [5, 5.41) is 0. The molecule has 1 fully saturated rings. The van der Waals surface area contributed by atoms with E-state index in [4.69, 9.17) is 4.74 Å². The number of hydrogen-bond acceptors (Lipinski definition) is 3. The Morgan fingerprint density at radius 1 is 1.18 bits per heavy atom. The zero-order valence-electron chi connectivity index (χ0n) is 11.7. The van der Waals surface area contributed by atoms with Crippen molar-refractivity contribution >= 4 is 9.15 Å². The fourth-order valence-electron chi connectivity index (χ4n) is 1.93. The third-order valence-electron chi connectivity index (χ3n) is 2.86. The number of hydrogen-bond donors (Lipinski definition) is 0. The van der Waals surface area contributed by atoms with Crippen molar-refractivity contribution in [1.29, 1.82) is 0 Å². The first-order valence-electron chi connectivity index (χ1n) is 6.52. The van der Waals surface area contributed by atoms with E-state index >= 15 is 0 Å². The van der Waals surface area contributed by atoms with Crippen LogP contribution in [0.4, 0.5) is 0 Å². The molecule has 0 radical (unpaired) electrons. The molecule has 1 aliphatic rings. The van der Waals surface area contributed by atoms with Crippen molar-refractivity contribution in [2.75, 3.05) is 19.7 Å². The fraction of sp³-hybridized carbons (Fsp3) is 0.846. The molecule has 0 aromatic rings. The Hall–Kier alpha value is 0.243. The third-order valence-corrected chi connectivity index (χ3v) is 4.80. The van der Waals surface area contributed by atoms with Crippen molar-refractivity contribution in [3.8, 4) is 0 Å². The Balaban J connectivity index is 2.95. The van der Waals surface area contributed by atoms with E-state index in [0.29, 0.717) is 12.1 Å². The van der Waals surface area contributed by atoms with Gasteiger partial charge in [0.05, 0.1) is 0 Å². The van der Waals surface area contributed by atoms with E-state index in [1.54, 1.807) is 0 Å². The topological polar surface area (TPSA) is 15.7 Å². The summed E-state index contributed by atoms with van der Waals surface area (Å²) < 4.78 is 6.95. The van der Waals surface area contributed by atoms with Gasteiger partial charge in [0.2, 0.25) is 0 Å². The van der Waals surface area contributed by atoms with Crippen molar-refractivity contribution < 1.29 is 21.0 Å². The summed E-state index contributed by atoms with van der Waals surface area (Å²) in [5.74, 6) is 0. The molecular formula is C13H26N2ORu. The molecule has 102 valence electrons. The second-order valence-corrected chi connectivity index (χ2v) is 6.52. The Labute approximate surface area is 113 Å². The summed E-state index contributed by atoms with van der Waals surface area (Å²) in [6.07, 6.45) is 1.27. The minimum atomic E-state index is 0.0619. The Bertz CT molecular complexity index is 278. The van der Waals surface area contributed by atoms with Crippen LogP contribution in [0, 0.1) is 0 Å². The normalized spacial score (nSPS) is 19.4. The van der Waals surface area contributed by atoms with Crippen molar-refractivity contribution in [3.63, 3.8) is 0 Å². The van der Waals surface area contributed by atoms with Gasteiger partial charge in [0.1, 0.15) is 0 Å². The standard InChI is InChI=1S/C10H20N2.C3H6O.Ru/c1-9(2)11-6-5-7-12(8-11)10(3)4;1-3-4-2;/h9-10H,5-7H2,1-4H3;2H,3H2,1H3;. The Kier molecular flexibility index (Phi) is 6.87. The predicted octanol–water partition coefficient (Wildman–Crippen LogP) is 1.78. The molecule has 0 aliphatic carbocycles. The Morgan fingerprint density at radius 2 is 1.71 bits per heavy atom. The van der Waals surface area contributed by atoms with Gasteiger partial charge in [-0.15, -0.1) is 0 Å². The van der Waals surface area contributed by atoms with Crippen LogP contribution in [0.2, 0.25) is 0 Å². The van der Waals surface area contributed by atoms with Crippen LogP contribution in [0.15, 0.2) is 0 Å². The molecule has 3 nitrogen and oxygen atoms in total. The van der Waals surface area contributed by atoms with Crippen LogP contribution in [0.5, 0.6) is 0 Å². The molecule has 0 spiro atoms. The first kappa shape index (κ1) is 15.3. The number of nitrogens with zero attached hydrogens (tertiary/aromatic N) is 2. The quantitative estimate of drug-likeness (QED) is 0.732. The zero-order chi connectivity index (χ0) is 12.8. The second kappa shape index (κ2) is 7.63. The molecule has 0 unspecified atom stereocenters.